The molecule has 24 heavy (non-hydrogen) atoms. The Morgan fingerprint density at radius 2 is 1.79 bits per heavy atom. The first kappa shape index (κ1) is 16.0. The van der Waals surface area contributed by atoms with E-state index >= 15 is 0 Å². The predicted octanol–water partition coefficient (Wildman–Crippen LogP) is 4.07. The van der Waals surface area contributed by atoms with Crippen LogP contribution in [0.2, 0.25) is 0 Å². The summed E-state index contributed by atoms with van der Waals surface area (Å²) in [6.45, 7) is 2.12. The van der Waals surface area contributed by atoms with Gasteiger partial charge in [-0.05, 0) is 61.7 Å². The van der Waals surface area contributed by atoms with Crippen molar-refractivity contribution in [3.05, 3.63) is 63.9 Å². The van der Waals surface area contributed by atoms with Gasteiger partial charge in [-0.15, -0.1) is 0 Å². The normalized spacial score (nSPS) is 14.9. The maximum atomic E-state index is 12.2. The molecule has 124 valence electrons. The summed E-state index contributed by atoms with van der Waals surface area (Å²) in [6.07, 6.45) is 6.49. The Hall–Kier alpha value is -2.89. The van der Waals surface area contributed by atoms with Crippen LogP contribution in [0, 0.1) is 10.1 Å². The number of hydrogen-bond donors (Lipinski definition) is 0. The van der Waals surface area contributed by atoms with E-state index in [2.05, 4.69) is 4.90 Å². The Labute approximate surface area is 139 Å². The van der Waals surface area contributed by atoms with Crippen molar-refractivity contribution in [1.29, 1.82) is 0 Å². The zero-order valence-electron chi connectivity index (χ0n) is 13.2. The lowest BCUT2D eigenvalue weighted by Crippen LogP contribution is -2.29. The fourth-order valence-corrected chi connectivity index (χ4v) is 2.77. The first-order valence-corrected chi connectivity index (χ1v) is 7.95. The van der Waals surface area contributed by atoms with Crippen LogP contribution in [0.25, 0.3) is 6.08 Å². The fraction of sp³-hybridized carbons (Fsp3) is 0.278. The molecule has 1 aromatic carbocycles. The third kappa shape index (κ3) is 3.71. The molecule has 2 aromatic rings. The molecule has 1 aliphatic heterocycles. The van der Waals surface area contributed by atoms with Crippen LogP contribution in [0.5, 0.6) is 0 Å². The van der Waals surface area contributed by atoms with Crippen molar-refractivity contribution in [2.24, 2.45) is 0 Å². The van der Waals surface area contributed by atoms with Gasteiger partial charge in [-0.1, -0.05) is 0 Å². The summed E-state index contributed by atoms with van der Waals surface area (Å²) < 4.78 is 4.99. The van der Waals surface area contributed by atoms with Crippen molar-refractivity contribution in [2.75, 3.05) is 18.0 Å². The number of allylic oxidation sites excluding steroid dienone is 1. The number of rotatable bonds is 5. The van der Waals surface area contributed by atoms with Crippen molar-refractivity contribution in [3.8, 4) is 0 Å². The molecule has 2 heterocycles. The number of carbonyl (C=O) groups is 1. The van der Waals surface area contributed by atoms with Crippen LogP contribution in [0.1, 0.15) is 35.4 Å². The molecule has 0 saturated carbocycles. The van der Waals surface area contributed by atoms with Gasteiger partial charge in [-0.2, -0.15) is 0 Å². The summed E-state index contributed by atoms with van der Waals surface area (Å²) in [5, 5.41) is 10.6. The minimum atomic E-state index is -0.613. The van der Waals surface area contributed by atoms with Crippen molar-refractivity contribution < 1.29 is 14.1 Å². The van der Waals surface area contributed by atoms with Gasteiger partial charge in [0.05, 0.1) is 6.07 Å². The third-order valence-electron chi connectivity index (χ3n) is 4.06. The number of anilines is 1. The molecular formula is C18H18N2O4. The van der Waals surface area contributed by atoms with E-state index < -0.39 is 4.92 Å². The second kappa shape index (κ2) is 7.12. The molecule has 6 nitrogen and oxygen atoms in total. The smallest absolute Gasteiger partial charge is 0.401 e. The van der Waals surface area contributed by atoms with Crippen molar-refractivity contribution in [1.82, 2.24) is 0 Å². The Morgan fingerprint density at radius 1 is 1.08 bits per heavy atom. The molecule has 0 aliphatic carbocycles. The zero-order valence-corrected chi connectivity index (χ0v) is 13.2. The summed E-state index contributed by atoms with van der Waals surface area (Å²) in [5.74, 6) is -0.229. The van der Waals surface area contributed by atoms with E-state index in [9.17, 15) is 14.9 Å². The summed E-state index contributed by atoms with van der Waals surface area (Å²) in [6, 6.07) is 10.3. The van der Waals surface area contributed by atoms with Crippen LogP contribution in [-0.2, 0) is 0 Å². The Balaban J connectivity index is 1.65. The van der Waals surface area contributed by atoms with E-state index in [0.29, 0.717) is 5.56 Å². The van der Waals surface area contributed by atoms with Crippen LogP contribution in [0.15, 0.2) is 46.9 Å². The highest BCUT2D eigenvalue weighted by atomic mass is 16.6. The third-order valence-corrected chi connectivity index (χ3v) is 4.06. The van der Waals surface area contributed by atoms with E-state index in [1.54, 1.807) is 12.1 Å². The summed E-state index contributed by atoms with van der Waals surface area (Å²) in [4.78, 5) is 24.4. The van der Waals surface area contributed by atoms with Gasteiger partial charge in [0, 0.05) is 24.3 Å². The monoisotopic (exact) mass is 326 g/mol. The molecule has 0 bridgehead atoms. The number of piperidine rings is 1. The van der Waals surface area contributed by atoms with Gasteiger partial charge < -0.3 is 9.32 Å². The number of furan rings is 1. The number of nitrogens with zero attached hydrogens (tertiary/aromatic N) is 2. The van der Waals surface area contributed by atoms with Gasteiger partial charge in [0.2, 0.25) is 0 Å². The SMILES string of the molecule is O=C(/C=C/c1ccc([N+](=O)[O-])o1)c1ccc(N2CCCCC2)cc1. The number of benzene rings is 1. The quantitative estimate of drug-likeness (QED) is 0.358. The highest BCUT2D eigenvalue weighted by molar-refractivity contribution is 6.06. The average molecular weight is 326 g/mol. The number of hydrogen-bond acceptors (Lipinski definition) is 5. The Morgan fingerprint density at radius 3 is 2.42 bits per heavy atom. The van der Waals surface area contributed by atoms with Crippen LogP contribution < -0.4 is 4.90 Å². The van der Waals surface area contributed by atoms with Gasteiger partial charge >= 0.3 is 5.88 Å². The Kier molecular flexibility index (Phi) is 4.74. The minimum absolute atomic E-state index is 0.167. The van der Waals surface area contributed by atoms with Crippen LogP contribution >= 0.6 is 0 Å². The first-order valence-electron chi connectivity index (χ1n) is 7.95. The van der Waals surface area contributed by atoms with E-state index in [-0.39, 0.29) is 17.4 Å². The van der Waals surface area contributed by atoms with E-state index in [0.717, 1.165) is 18.8 Å². The lowest BCUT2D eigenvalue weighted by atomic mass is 10.1. The molecule has 1 aliphatic rings. The lowest BCUT2D eigenvalue weighted by molar-refractivity contribution is -0.402. The molecule has 1 aromatic heterocycles. The van der Waals surface area contributed by atoms with E-state index in [4.69, 9.17) is 4.42 Å². The summed E-state index contributed by atoms with van der Waals surface area (Å²) in [5.41, 5.74) is 1.71. The molecule has 1 saturated heterocycles. The summed E-state index contributed by atoms with van der Waals surface area (Å²) in [7, 11) is 0. The maximum Gasteiger partial charge on any atom is 0.433 e. The average Bonchev–Trinajstić information content (AvgIpc) is 3.10. The molecule has 1 fully saturated rings. The molecule has 0 atom stereocenters. The van der Waals surface area contributed by atoms with Gasteiger partial charge in [0.25, 0.3) is 0 Å². The zero-order chi connectivity index (χ0) is 16.9. The fourth-order valence-electron chi connectivity index (χ4n) is 2.77. The van der Waals surface area contributed by atoms with E-state index in [1.165, 1.54) is 43.5 Å². The molecule has 0 N–H and O–H groups in total. The van der Waals surface area contributed by atoms with Gasteiger partial charge in [-0.3, -0.25) is 14.9 Å². The van der Waals surface area contributed by atoms with E-state index in [1.807, 2.05) is 12.1 Å². The van der Waals surface area contributed by atoms with Gasteiger partial charge in [-0.25, -0.2) is 0 Å². The van der Waals surface area contributed by atoms with Crippen LogP contribution in [0.3, 0.4) is 0 Å². The number of ketones is 1. The minimum Gasteiger partial charge on any atom is -0.401 e. The van der Waals surface area contributed by atoms with Gasteiger partial charge in [0.15, 0.2) is 5.78 Å². The number of carbonyl (C=O) groups excluding carboxylic acids is 1. The number of nitro groups is 1. The standard InChI is InChI=1S/C18H18N2O4/c21-17(10-8-16-9-11-18(24-16)20(22)23)14-4-6-15(7-5-14)19-12-2-1-3-13-19/h4-11H,1-3,12-13H2/b10-8+. The molecule has 0 amide bonds. The molecule has 3 rings (SSSR count). The predicted molar refractivity (Wildman–Crippen MR) is 91.2 cm³/mol. The van der Waals surface area contributed by atoms with Crippen LogP contribution in [0.4, 0.5) is 11.6 Å². The lowest BCUT2D eigenvalue weighted by Gasteiger charge is -2.28. The van der Waals surface area contributed by atoms with Crippen molar-refractivity contribution in [3.63, 3.8) is 0 Å². The van der Waals surface area contributed by atoms with Crippen molar-refractivity contribution in [2.45, 2.75) is 19.3 Å². The first-order chi connectivity index (χ1) is 11.6. The molecular weight excluding hydrogens is 308 g/mol. The molecule has 0 unspecified atom stereocenters. The molecule has 0 spiro atoms. The highest BCUT2D eigenvalue weighted by Gasteiger charge is 2.12. The second-order valence-electron chi connectivity index (χ2n) is 5.73. The van der Waals surface area contributed by atoms with Crippen molar-refractivity contribution >= 4 is 23.4 Å². The maximum absolute atomic E-state index is 12.2. The summed E-state index contributed by atoms with van der Waals surface area (Å²) >= 11 is 0. The molecule has 0 radical (unpaired) electrons. The largest absolute Gasteiger partial charge is 0.433 e. The molecule has 6 heteroatoms. The van der Waals surface area contributed by atoms with Gasteiger partial charge in [0.1, 0.15) is 10.7 Å². The van der Waals surface area contributed by atoms with Crippen LogP contribution in [-0.4, -0.2) is 23.8 Å². The highest BCUT2D eigenvalue weighted by Crippen LogP contribution is 2.21. The second-order valence-corrected chi connectivity index (χ2v) is 5.73. The topological polar surface area (TPSA) is 76.6 Å². The Bertz CT molecular complexity index is 756.